The van der Waals surface area contributed by atoms with Crippen molar-refractivity contribution >= 4 is 9.90 Å². The van der Waals surface area contributed by atoms with Crippen molar-refractivity contribution in [3.05, 3.63) is 0 Å². The van der Waals surface area contributed by atoms with Gasteiger partial charge in [-0.1, -0.05) is 0 Å². The predicted molar refractivity (Wildman–Crippen MR) is 11.1 cm³/mol. The van der Waals surface area contributed by atoms with Gasteiger partial charge in [0.05, 0.1) is 0 Å². The van der Waals surface area contributed by atoms with Gasteiger partial charge < -0.3 is 0 Å². The molecule has 34 valence electrons. The van der Waals surface area contributed by atoms with Crippen molar-refractivity contribution in [3.8, 4) is 0 Å². The van der Waals surface area contributed by atoms with Crippen molar-refractivity contribution in [1.29, 1.82) is 0 Å². The number of rotatable bonds is 0. The summed E-state index contributed by atoms with van der Waals surface area (Å²) < 4.78 is 0. The maximum atomic E-state index is 0. The molecule has 0 fully saturated rings. The molecule has 0 spiro atoms. The summed E-state index contributed by atoms with van der Waals surface area (Å²) in [4.78, 5) is 0. The molecular formula is H3CoCuPW. The molecule has 2 radical (unpaired) electrons. The Labute approximate surface area is 64.4 Å². The third-order valence-electron chi connectivity index (χ3n) is 0. The molecular weight excluding hydrogens is 337 g/mol. The molecule has 0 aliphatic rings. The molecule has 0 bridgehead atoms. The number of hydrogen-bond donors (Lipinski definition) is 0. The second kappa shape index (κ2) is 19.2. The van der Waals surface area contributed by atoms with E-state index in [1.807, 2.05) is 0 Å². The van der Waals surface area contributed by atoms with Crippen LogP contribution in [0.4, 0.5) is 0 Å². The summed E-state index contributed by atoms with van der Waals surface area (Å²) in [5.74, 6) is 0. The Kier molecular flexibility index (Phi) is 170. The Balaban J connectivity index is 0. The summed E-state index contributed by atoms with van der Waals surface area (Å²) >= 11 is 0. The molecule has 0 N–H and O–H groups in total. The summed E-state index contributed by atoms with van der Waals surface area (Å²) in [5, 5.41) is 0. The molecule has 0 aliphatic carbocycles. The van der Waals surface area contributed by atoms with Crippen LogP contribution >= 0.6 is 9.90 Å². The minimum absolute atomic E-state index is 0. The van der Waals surface area contributed by atoms with Gasteiger partial charge in [0.2, 0.25) is 0 Å². The molecule has 0 heterocycles. The minimum Gasteiger partial charge on any atom is -0.153 e. The Morgan fingerprint density at radius 1 is 1.00 bits per heavy atom. The van der Waals surface area contributed by atoms with Crippen LogP contribution in [0.5, 0.6) is 0 Å². The van der Waals surface area contributed by atoms with Crippen LogP contribution in [0.1, 0.15) is 0 Å². The van der Waals surface area contributed by atoms with E-state index >= 15 is 0 Å². The van der Waals surface area contributed by atoms with Gasteiger partial charge >= 0.3 is 0 Å². The Morgan fingerprint density at radius 3 is 1.00 bits per heavy atom. The van der Waals surface area contributed by atoms with Gasteiger partial charge in [0, 0.05) is 54.9 Å². The zero-order chi connectivity index (χ0) is 0. The first kappa shape index (κ1) is 35.4. The molecule has 0 aromatic heterocycles. The maximum absolute atomic E-state index is 0. The fourth-order valence-corrected chi connectivity index (χ4v) is 0. The van der Waals surface area contributed by atoms with E-state index in [0.29, 0.717) is 0 Å². The zero-order valence-electron chi connectivity index (χ0n) is 1.75. The van der Waals surface area contributed by atoms with E-state index in [0.717, 1.165) is 0 Å². The molecule has 0 aromatic rings. The van der Waals surface area contributed by atoms with Crippen LogP contribution in [0, 0.1) is 0 Å². The average Bonchev–Trinajstić information content (AvgIpc) is 0. The molecule has 4 heavy (non-hydrogen) atoms. The van der Waals surface area contributed by atoms with Crippen LogP contribution in [0.15, 0.2) is 0 Å². The van der Waals surface area contributed by atoms with Crippen LogP contribution in [0.2, 0.25) is 0 Å². The zero-order valence-corrected chi connectivity index (χ0v) is 8.08. The van der Waals surface area contributed by atoms with E-state index in [1.165, 1.54) is 0 Å². The second-order valence-corrected chi connectivity index (χ2v) is 0. The fraction of sp³-hybridized carbons (Fsp3) is 0. The van der Waals surface area contributed by atoms with Crippen LogP contribution in [0.25, 0.3) is 0 Å². The molecule has 0 amide bonds. The third-order valence-corrected chi connectivity index (χ3v) is 0. The van der Waals surface area contributed by atoms with Crippen LogP contribution < -0.4 is 0 Å². The summed E-state index contributed by atoms with van der Waals surface area (Å²) in [7, 11) is 0. The predicted octanol–water partition coefficient (Wildman–Crippen LogP) is 0.0506. The van der Waals surface area contributed by atoms with E-state index in [-0.39, 0.29) is 64.8 Å². The van der Waals surface area contributed by atoms with E-state index in [1.54, 1.807) is 0 Å². The topological polar surface area (TPSA) is 0 Å². The van der Waals surface area contributed by atoms with E-state index in [4.69, 9.17) is 0 Å². The fourth-order valence-electron chi connectivity index (χ4n) is 0. The third kappa shape index (κ3) is 8.91. The molecule has 1 atom stereocenters. The first-order valence-corrected chi connectivity index (χ1v) is 0. The summed E-state index contributed by atoms with van der Waals surface area (Å²) in [6.07, 6.45) is 0. The number of hydrogen-bond acceptors (Lipinski definition) is 0. The quantitative estimate of drug-likeness (QED) is 0.432. The second-order valence-electron chi connectivity index (χ2n) is 0. The van der Waals surface area contributed by atoms with Crippen molar-refractivity contribution < 1.29 is 54.9 Å². The van der Waals surface area contributed by atoms with Gasteiger partial charge in [-0.15, -0.1) is 0 Å². The van der Waals surface area contributed by atoms with Crippen molar-refractivity contribution in [2.75, 3.05) is 0 Å². The van der Waals surface area contributed by atoms with Crippen LogP contribution in [0.3, 0.4) is 0 Å². The van der Waals surface area contributed by atoms with Crippen molar-refractivity contribution in [2.45, 2.75) is 0 Å². The Morgan fingerprint density at radius 2 is 1.00 bits per heavy atom. The molecule has 0 rings (SSSR count). The SMILES string of the molecule is P.[Co].[Cu].[W]. The summed E-state index contributed by atoms with van der Waals surface area (Å²) in [5.41, 5.74) is 0. The molecule has 0 nitrogen and oxygen atoms in total. The summed E-state index contributed by atoms with van der Waals surface area (Å²) in [6.45, 7) is 0. The molecule has 0 aliphatic heterocycles. The van der Waals surface area contributed by atoms with Crippen molar-refractivity contribution in [1.82, 2.24) is 0 Å². The average molecular weight is 340 g/mol. The molecule has 0 aromatic carbocycles. The molecule has 0 saturated carbocycles. The first-order chi connectivity index (χ1) is 0. The van der Waals surface area contributed by atoms with Gasteiger partial charge in [-0.3, -0.25) is 0 Å². The normalized spacial score (nSPS) is 0. The summed E-state index contributed by atoms with van der Waals surface area (Å²) in [6, 6.07) is 0. The maximum Gasteiger partial charge on any atom is 0 e. The minimum atomic E-state index is 0. The van der Waals surface area contributed by atoms with Crippen molar-refractivity contribution in [2.24, 2.45) is 0 Å². The molecule has 0 saturated heterocycles. The smallest absolute Gasteiger partial charge is 0 e. The van der Waals surface area contributed by atoms with Crippen LogP contribution in [-0.2, 0) is 54.9 Å². The van der Waals surface area contributed by atoms with Gasteiger partial charge in [-0.05, 0) is 0 Å². The largest absolute Gasteiger partial charge is 0.153 e. The van der Waals surface area contributed by atoms with Crippen molar-refractivity contribution in [3.63, 3.8) is 0 Å². The monoisotopic (exact) mass is 340 g/mol. The van der Waals surface area contributed by atoms with Crippen LogP contribution in [-0.4, -0.2) is 0 Å². The van der Waals surface area contributed by atoms with Gasteiger partial charge in [-0.25, -0.2) is 0 Å². The first-order valence-electron chi connectivity index (χ1n) is 0. The van der Waals surface area contributed by atoms with E-state index in [2.05, 4.69) is 0 Å². The molecule has 4 heteroatoms. The van der Waals surface area contributed by atoms with Gasteiger partial charge in [0.15, 0.2) is 0 Å². The van der Waals surface area contributed by atoms with Gasteiger partial charge in [0.1, 0.15) is 0 Å². The Hall–Kier alpha value is 2.14. The standard InChI is InChI=1S/Co.Cu.H3P.W/h;;1H3;. The molecule has 1 unspecified atom stereocenters. The van der Waals surface area contributed by atoms with E-state index < -0.39 is 0 Å². The van der Waals surface area contributed by atoms with E-state index in [9.17, 15) is 0 Å². The van der Waals surface area contributed by atoms with Gasteiger partial charge in [-0.2, -0.15) is 9.90 Å². The van der Waals surface area contributed by atoms with Gasteiger partial charge in [0.25, 0.3) is 0 Å². The Bertz CT molecular complexity index is 8.00.